The zero-order valence-electron chi connectivity index (χ0n) is 20.9. The van der Waals surface area contributed by atoms with Crippen LogP contribution in [0.25, 0.3) is 11.0 Å². The van der Waals surface area contributed by atoms with E-state index in [1.165, 1.54) is 10.6 Å². The second kappa shape index (κ2) is 10.1. The predicted molar refractivity (Wildman–Crippen MR) is 142 cm³/mol. The number of nitrogens with one attached hydrogen (secondary N) is 2. The van der Waals surface area contributed by atoms with Crippen LogP contribution >= 0.6 is 0 Å². The Morgan fingerprint density at radius 1 is 1.27 bits per heavy atom. The molecule has 2 aliphatic heterocycles. The van der Waals surface area contributed by atoms with E-state index in [-0.39, 0.29) is 27.7 Å². The lowest BCUT2D eigenvalue weighted by Gasteiger charge is -2.21. The molecule has 1 atom stereocenters. The number of fused-ring (bicyclic) bond motifs is 2. The van der Waals surface area contributed by atoms with Crippen LogP contribution in [0.15, 0.2) is 50.6 Å². The molecule has 11 heteroatoms. The number of aryl methyl sites for hydroxylation is 1. The van der Waals surface area contributed by atoms with Gasteiger partial charge in [-0.15, -0.1) is 4.40 Å². The molecule has 0 radical (unpaired) electrons. The molecular formula is C26H31N5O5S. The molecule has 3 N–H and O–H groups in total. The predicted octanol–water partition coefficient (Wildman–Crippen LogP) is 3.23. The Hall–Kier alpha value is -3.44. The van der Waals surface area contributed by atoms with Gasteiger partial charge in [0.1, 0.15) is 27.6 Å². The van der Waals surface area contributed by atoms with Crippen molar-refractivity contribution in [3.8, 4) is 11.5 Å². The Morgan fingerprint density at radius 2 is 2.11 bits per heavy atom. The number of aromatic nitrogens is 2. The molecule has 0 spiro atoms. The molecule has 1 unspecified atom stereocenters. The molecule has 2 aromatic heterocycles. The molecular weight excluding hydrogens is 494 g/mol. The van der Waals surface area contributed by atoms with Gasteiger partial charge in [0.15, 0.2) is 5.84 Å². The normalized spacial score (nSPS) is 18.5. The van der Waals surface area contributed by atoms with Crippen molar-refractivity contribution in [3.63, 3.8) is 0 Å². The van der Waals surface area contributed by atoms with Gasteiger partial charge < -0.3 is 20.5 Å². The van der Waals surface area contributed by atoms with E-state index in [2.05, 4.69) is 20.0 Å². The smallest absolute Gasteiger partial charge is 0.286 e. The number of amidine groups is 1. The van der Waals surface area contributed by atoms with Crippen LogP contribution in [0.4, 0.5) is 5.69 Å². The van der Waals surface area contributed by atoms with Crippen LogP contribution in [0, 0.1) is 5.92 Å². The van der Waals surface area contributed by atoms with E-state index in [0.717, 1.165) is 25.8 Å². The third-order valence-electron chi connectivity index (χ3n) is 6.75. The summed E-state index contributed by atoms with van der Waals surface area (Å²) in [6.07, 6.45) is 5.35. The number of aromatic hydroxyl groups is 1. The number of ether oxygens (including phenoxy) is 1. The molecule has 37 heavy (non-hydrogen) atoms. The van der Waals surface area contributed by atoms with Crippen molar-refractivity contribution >= 4 is 32.6 Å². The van der Waals surface area contributed by atoms with Gasteiger partial charge in [-0.05, 0) is 62.4 Å². The Morgan fingerprint density at radius 3 is 2.86 bits per heavy atom. The molecule has 0 amide bonds. The summed E-state index contributed by atoms with van der Waals surface area (Å²) in [5, 5.41) is 17.7. The number of nitrogens with zero attached hydrogens (tertiary/aromatic N) is 3. The highest BCUT2D eigenvalue weighted by atomic mass is 32.2. The summed E-state index contributed by atoms with van der Waals surface area (Å²) in [4.78, 5) is 17.8. The molecule has 2 aliphatic rings. The van der Waals surface area contributed by atoms with Crippen molar-refractivity contribution in [3.05, 3.63) is 52.4 Å². The summed E-state index contributed by atoms with van der Waals surface area (Å²) in [7, 11) is -4.17. The van der Waals surface area contributed by atoms with Crippen molar-refractivity contribution < 1.29 is 18.3 Å². The van der Waals surface area contributed by atoms with Gasteiger partial charge >= 0.3 is 0 Å². The molecule has 1 saturated heterocycles. The van der Waals surface area contributed by atoms with Gasteiger partial charge in [0, 0.05) is 24.8 Å². The number of rotatable bonds is 8. The molecule has 3 aromatic rings. The number of hydrogen-bond acceptors (Lipinski definition) is 8. The van der Waals surface area contributed by atoms with E-state index in [0.29, 0.717) is 48.3 Å². The molecule has 1 fully saturated rings. The van der Waals surface area contributed by atoms with Crippen LogP contribution in [0.5, 0.6) is 11.5 Å². The van der Waals surface area contributed by atoms with Crippen LogP contribution in [0.3, 0.4) is 0 Å². The highest BCUT2D eigenvalue weighted by Gasteiger charge is 2.30. The van der Waals surface area contributed by atoms with Crippen molar-refractivity contribution in [1.82, 2.24) is 14.9 Å². The lowest BCUT2D eigenvalue weighted by atomic mass is 10.1. The van der Waals surface area contributed by atoms with Gasteiger partial charge in [-0.3, -0.25) is 9.36 Å². The van der Waals surface area contributed by atoms with E-state index in [4.69, 9.17) is 4.74 Å². The van der Waals surface area contributed by atoms with Gasteiger partial charge in [0.05, 0.1) is 17.7 Å². The summed E-state index contributed by atoms with van der Waals surface area (Å²) in [6, 6.07) is 8.41. The first-order valence-corrected chi connectivity index (χ1v) is 14.0. The molecule has 0 saturated carbocycles. The number of sulfonamides is 1. The minimum atomic E-state index is -4.17. The summed E-state index contributed by atoms with van der Waals surface area (Å²) in [5.74, 6) is 0.168. The summed E-state index contributed by atoms with van der Waals surface area (Å²) in [5.41, 5.74) is -0.171. The number of pyridine rings is 2. The van der Waals surface area contributed by atoms with E-state index in [1.54, 1.807) is 30.5 Å². The van der Waals surface area contributed by atoms with Gasteiger partial charge in [0.25, 0.3) is 15.6 Å². The SMILES string of the molecule is CC(C)CCn1c(=O)c(C2=NS(=O)(=O)c3cc(OCCC4CCCN4)ccc3N2)c(O)c2cccnc21. The minimum absolute atomic E-state index is 0.0465. The first-order valence-electron chi connectivity index (χ1n) is 12.6. The van der Waals surface area contributed by atoms with Crippen molar-refractivity contribution in [2.24, 2.45) is 10.3 Å². The Labute approximate surface area is 215 Å². The second-order valence-electron chi connectivity index (χ2n) is 9.87. The Balaban J connectivity index is 1.49. The monoisotopic (exact) mass is 525 g/mol. The Bertz CT molecular complexity index is 1520. The first kappa shape index (κ1) is 25.2. The zero-order chi connectivity index (χ0) is 26.2. The molecule has 1 aromatic carbocycles. The molecule has 0 bridgehead atoms. The largest absolute Gasteiger partial charge is 0.506 e. The van der Waals surface area contributed by atoms with Crippen LogP contribution in [0.1, 0.15) is 45.1 Å². The van der Waals surface area contributed by atoms with Crippen LogP contribution in [0.2, 0.25) is 0 Å². The summed E-state index contributed by atoms with van der Waals surface area (Å²) >= 11 is 0. The van der Waals surface area contributed by atoms with Crippen molar-refractivity contribution in [1.29, 1.82) is 0 Å². The van der Waals surface area contributed by atoms with Crippen LogP contribution < -0.4 is 20.9 Å². The van der Waals surface area contributed by atoms with E-state index >= 15 is 0 Å². The summed E-state index contributed by atoms with van der Waals surface area (Å²) < 4.78 is 37.5. The maximum Gasteiger partial charge on any atom is 0.286 e. The van der Waals surface area contributed by atoms with E-state index in [9.17, 15) is 18.3 Å². The fourth-order valence-corrected chi connectivity index (χ4v) is 5.87. The quantitative estimate of drug-likeness (QED) is 0.408. The maximum atomic E-state index is 13.5. The van der Waals surface area contributed by atoms with E-state index < -0.39 is 15.6 Å². The Kier molecular flexibility index (Phi) is 6.91. The fourth-order valence-electron chi connectivity index (χ4n) is 4.73. The average molecular weight is 526 g/mol. The third kappa shape index (κ3) is 5.05. The zero-order valence-corrected chi connectivity index (χ0v) is 21.7. The number of anilines is 1. The molecule has 4 heterocycles. The first-order chi connectivity index (χ1) is 17.7. The van der Waals surface area contributed by atoms with Crippen LogP contribution in [-0.4, -0.2) is 48.1 Å². The molecule has 0 aliphatic carbocycles. The maximum absolute atomic E-state index is 13.5. The number of hydrogen-bond donors (Lipinski definition) is 3. The topological polar surface area (TPSA) is 135 Å². The average Bonchev–Trinajstić information content (AvgIpc) is 3.37. The minimum Gasteiger partial charge on any atom is -0.506 e. The lowest BCUT2D eigenvalue weighted by Crippen LogP contribution is -2.33. The fraction of sp³-hybridized carbons (Fsp3) is 0.423. The molecule has 196 valence electrons. The van der Waals surface area contributed by atoms with Gasteiger partial charge in [-0.25, -0.2) is 4.98 Å². The molecule has 10 nitrogen and oxygen atoms in total. The molecule has 5 rings (SSSR count). The van der Waals surface area contributed by atoms with Gasteiger partial charge in [0.2, 0.25) is 0 Å². The van der Waals surface area contributed by atoms with Gasteiger partial charge in [-0.2, -0.15) is 8.42 Å². The second-order valence-corrected chi connectivity index (χ2v) is 11.4. The number of benzene rings is 1. The summed E-state index contributed by atoms with van der Waals surface area (Å²) in [6.45, 7) is 5.93. The third-order valence-corrected chi connectivity index (χ3v) is 8.07. The van der Waals surface area contributed by atoms with Crippen LogP contribution in [-0.2, 0) is 16.6 Å². The van der Waals surface area contributed by atoms with Crippen molar-refractivity contribution in [2.75, 3.05) is 18.5 Å². The highest BCUT2D eigenvalue weighted by molar-refractivity contribution is 7.90. The van der Waals surface area contributed by atoms with Gasteiger partial charge in [-0.1, -0.05) is 13.8 Å². The lowest BCUT2D eigenvalue weighted by molar-refractivity contribution is 0.291. The standard InChI is InChI=1S/C26H31N5O5S/c1-16(2)9-13-31-25-19(6-4-12-28-25)23(32)22(26(31)33)24-29-20-8-7-18(15-21(20)37(34,35)30-24)36-14-10-17-5-3-11-27-17/h4,6-8,12,15-17,27,32H,3,5,9-11,13-14H2,1-2H3,(H,29,30). The van der Waals surface area contributed by atoms with Crippen molar-refractivity contribution in [2.45, 2.75) is 57.0 Å². The highest BCUT2D eigenvalue weighted by Crippen LogP contribution is 2.34. The van der Waals surface area contributed by atoms with E-state index in [1.807, 2.05) is 13.8 Å².